The van der Waals surface area contributed by atoms with Crippen molar-refractivity contribution in [1.82, 2.24) is 5.32 Å². The first kappa shape index (κ1) is 14.2. The van der Waals surface area contributed by atoms with Gasteiger partial charge in [-0.2, -0.15) is 0 Å². The largest absolute Gasteiger partial charge is 0.383 e. The molecule has 96 valence electrons. The van der Waals surface area contributed by atoms with Crippen molar-refractivity contribution < 1.29 is 9.47 Å². The summed E-state index contributed by atoms with van der Waals surface area (Å²) in [5.41, 5.74) is 1.09. The third-order valence-corrected chi connectivity index (χ3v) is 2.60. The van der Waals surface area contributed by atoms with Crippen LogP contribution in [0.3, 0.4) is 0 Å². The van der Waals surface area contributed by atoms with Crippen LogP contribution in [0.25, 0.3) is 0 Å². The van der Waals surface area contributed by atoms with Crippen LogP contribution in [0.15, 0.2) is 30.3 Å². The Bertz CT molecular complexity index is 294. The van der Waals surface area contributed by atoms with Gasteiger partial charge in [-0.05, 0) is 19.0 Å². The molecule has 1 aromatic carbocycles. The number of ether oxygens (including phenoxy) is 2. The lowest BCUT2D eigenvalue weighted by molar-refractivity contribution is 0.0232. The fourth-order valence-corrected chi connectivity index (χ4v) is 1.86. The van der Waals surface area contributed by atoms with Gasteiger partial charge in [0.15, 0.2) is 0 Å². The van der Waals surface area contributed by atoms with Crippen molar-refractivity contribution in [1.29, 1.82) is 0 Å². The summed E-state index contributed by atoms with van der Waals surface area (Å²) in [7, 11) is 1.72. The highest BCUT2D eigenvalue weighted by Crippen LogP contribution is 2.08. The van der Waals surface area contributed by atoms with Crippen molar-refractivity contribution in [3.05, 3.63) is 35.9 Å². The fourth-order valence-electron chi connectivity index (χ4n) is 1.86. The predicted molar refractivity (Wildman–Crippen MR) is 70.1 cm³/mol. The highest BCUT2D eigenvalue weighted by Gasteiger charge is 2.23. The van der Waals surface area contributed by atoms with E-state index in [1.807, 2.05) is 18.2 Å². The van der Waals surface area contributed by atoms with E-state index >= 15 is 0 Å². The monoisotopic (exact) mass is 237 g/mol. The second-order valence-corrected chi connectivity index (χ2v) is 4.50. The van der Waals surface area contributed by atoms with Gasteiger partial charge < -0.3 is 14.8 Å². The van der Waals surface area contributed by atoms with Crippen LogP contribution < -0.4 is 5.32 Å². The Kier molecular flexibility index (Phi) is 6.19. The molecule has 0 saturated carbocycles. The summed E-state index contributed by atoms with van der Waals surface area (Å²) in [5, 5.41) is 3.40. The van der Waals surface area contributed by atoms with Crippen molar-refractivity contribution in [2.75, 3.05) is 26.9 Å². The first-order valence-corrected chi connectivity index (χ1v) is 6.06. The van der Waals surface area contributed by atoms with Gasteiger partial charge in [-0.15, -0.1) is 0 Å². The SMILES string of the molecule is CCNC(C)(COC)COCc1ccccc1. The van der Waals surface area contributed by atoms with Gasteiger partial charge in [-0.3, -0.25) is 0 Å². The molecule has 0 amide bonds. The predicted octanol–water partition coefficient (Wildman–Crippen LogP) is 2.22. The Balaban J connectivity index is 2.37. The maximum Gasteiger partial charge on any atom is 0.0717 e. The molecule has 0 aliphatic rings. The van der Waals surface area contributed by atoms with Crippen molar-refractivity contribution >= 4 is 0 Å². The first-order valence-electron chi connectivity index (χ1n) is 6.06. The number of hydrogen-bond acceptors (Lipinski definition) is 3. The molecule has 0 fully saturated rings. The Labute approximate surface area is 104 Å². The molecule has 0 radical (unpaired) electrons. The third-order valence-electron chi connectivity index (χ3n) is 2.60. The van der Waals surface area contributed by atoms with Gasteiger partial charge in [0.05, 0.1) is 25.4 Å². The summed E-state index contributed by atoms with van der Waals surface area (Å²) in [4.78, 5) is 0. The number of likely N-dealkylation sites (N-methyl/N-ethyl adjacent to an activating group) is 1. The van der Waals surface area contributed by atoms with Crippen molar-refractivity contribution in [3.8, 4) is 0 Å². The van der Waals surface area contributed by atoms with E-state index in [1.54, 1.807) is 7.11 Å². The first-order chi connectivity index (χ1) is 8.20. The molecule has 1 rings (SSSR count). The molecule has 0 aromatic heterocycles. The smallest absolute Gasteiger partial charge is 0.0717 e. The highest BCUT2D eigenvalue weighted by molar-refractivity contribution is 5.13. The van der Waals surface area contributed by atoms with Crippen molar-refractivity contribution in [3.63, 3.8) is 0 Å². The number of rotatable bonds is 8. The average molecular weight is 237 g/mol. The molecule has 1 atom stereocenters. The number of nitrogens with one attached hydrogen (secondary N) is 1. The van der Waals surface area contributed by atoms with E-state index in [4.69, 9.17) is 9.47 Å². The lowest BCUT2D eigenvalue weighted by atomic mass is 10.1. The molecule has 0 saturated heterocycles. The Morgan fingerprint density at radius 1 is 1.18 bits per heavy atom. The molecule has 0 aliphatic carbocycles. The fraction of sp³-hybridized carbons (Fsp3) is 0.571. The minimum atomic E-state index is -0.113. The third kappa shape index (κ3) is 5.31. The highest BCUT2D eigenvalue weighted by atomic mass is 16.5. The molecule has 0 spiro atoms. The normalized spacial score (nSPS) is 14.5. The molecule has 0 aliphatic heterocycles. The minimum Gasteiger partial charge on any atom is -0.383 e. The van der Waals surface area contributed by atoms with E-state index < -0.39 is 0 Å². The van der Waals surface area contributed by atoms with E-state index in [0.717, 1.165) is 6.54 Å². The number of benzene rings is 1. The summed E-state index contributed by atoms with van der Waals surface area (Å²) in [6.07, 6.45) is 0. The zero-order chi connectivity index (χ0) is 12.6. The Morgan fingerprint density at radius 3 is 2.47 bits per heavy atom. The molecule has 1 unspecified atom stereocenters. The van der Waals surface area contributed by atoms with E-state index in [9.17, 15) is 0 Å². The molecule has 1 aromatic rings. The molecular formula is C14H23NO2. The number of hydrogen-bond donors (Lipinski definition) is 1. The Morgan fingerprint density at radius 2 is 1.88 bits per heavy atom. The van der Waals surface area contributed by atoms with Gasteiger partial charge in [0, 0.05) is 7.11 Å². The van der Waals surface area contributed by atoms with Gasteiger partial charge in [0.2, 0.25) is 0 Å². The molecule has 3 heteroatoms. The summed E-state index contributed by atoms with van der Waals surface area (Å²) in [5.74, 6) is 0. The molecule has 0 bridgehead atoms. The molecular weight excluding hydrogens is 214 g/mol. The molecule has 1 N–H and O–H groups in total. The van der Waals surface area contributed by atoms with Crippen LogP contribution in [0.5, 0.6) is 0 Å². The van der Waals surface area contributed by atoms with Crippen LogP contribution in [0, 0.1) is 0 Å². The van der Waals surface area contributed by atoms with Gasteiger partial charge in [0.25, 0.3) is 0 Å². The van der Waals surface area contributed by atoms with Crippen LogP contribution >= 0.6 is 0 Å². The van der Waals surface area contributed by atoms with Crippen LogP contribution in [-0.4, -0.2) is 32.4 Å². The standard InChI is InChI=1S/C14H23NO2/c1-4-15-14(2,11-16-3)12-17-10-13-8-6-5-7-9-13/h5-9,15H,4,10-12H2,1-3H3. The summed E-state index contributed by atoms with van der Waals surface area (Å²) in [6, 6.07) is 10.2. The molecule has 3 nitrogen and oxygen atoms in total. The van der Waals surface area contributed by atoms with Gasteiger partial charge in [-0.25, -0.2) is 0 Å². The van der Waals surface area contributed by atoms with Gasteiger partial charge >= 0.3 is 0 Å². The average Bonchev–Trinajstić information content (AvgIpc) is 2.31. The lowest BCUT2D eigenvalue weighted by Crippen LogP contribution is -2.50. The Hall–Kier alpha value is -0.900. The van der Waals surface area contributed by atoms with Gasteiger partial charge in [0.1, 0.15) is 0 Å². The maximum absolute atomic E-state index is 5.75. The van der Waals surface area contributed by atoms with E-state index in [2.05, 4.69) is 31.3 Å². The van der Waals surface area contributed by atoms with E-state index in [1.165, 1.54) is 5.56 Å². The second-order valence-electron chi connectivity index (χ2n) is 4.50. The van der Waals surface area contributed by atoms with Crippen molar-refractivity contribution in [2.45, 2.75) is 26.0 Å². The summed E-state index contributed by atoms with van der Waals surface area (Å²) in [6.45, 7) is 7.05. The summed E-state index contributed by atoms with van der Waals surface area (Å²) >= 11 is 0. The maximum atomic E-state index is 5.75. The van der Waals surface area contributed by atoms with E-state index in [-0.39, 0.29) is 5.54 Å². The van der Waals surface area contributed by atoms with Crippen LogP contribution in [0.1, 0.15) is 19.4 Å². The zero-order valence-electron chi connectivity index (χ0n) is 11.0. The van der Waals surface area contributed by atoms with Crippen LogP contribution in [0.4, 0.5) is 0 Å². The molecule has 0 heterocycles. The van der Waals surface area contributed by atoms with Gasteiger partial charge in [-0.1, -0.05) is 37.3 Å². The molecule has 17 heavy (non-hydrogen) atoms. The van der Waals surface area contributed by atoms with E-state index in [0.29, 0.717) is 19.8 Å². The minimum absolute atomic E-state index is 0.113. The van der Waals surface area contributed by atoms with Crippen LogP contribution in [0.2, 0.25) is 0 Å². The second kappa shape index (κ2) is 7.43. The zero-order valence-corrected chi connectivity index (χ0v) is 11.0. The van der Waals surface area contributed by atoms with Crippen LogP contribution in [-0.2, 0) is 16.1 Å². The topological polar surface area (TPSA) is 30.5 Å². The number of methoxy groups -OCH3 is 1. The lowest BCUT2D eigenvalue weighted by Gasteiger charge is -2.29. The quantitative estimate of drug-likeness (QED) is 0.752. The van der Waals surface area contributed by atoms with Crippen molar-refractivity contribution in [2.24, 2.45) is 0 Å². The summed E-state index contributed by atoms with van der Waals surface area (Å²) < 4.78 is 11.0.